The van der Waals surface area contributed by atoms with Crippen molar-refractivity contribution < 1.29 is 17.5 Å². The molecule has 0 aliphatic carbocycles. The van der Waals surface area contributed by atoms with Crippen molar-refractivity contribution in [2.24, 2.45) is 0 Å². The number of aromatic nitrogens is 5. The van der Waals surface area contributed by atoms with E-state index in [0.29, 0.717) is 64.3 Å². The molecule has 0 aliphatic rings. The van der Waals surface area contributed by atoms with Gasteiger partial charge in [-0.05, 0) is 54.1 Å². The molecule has 2 aromatic carbocycles. The molecular weight excluding hydrogens is 649 g/mol. The van der Waals surface area contributed by atoms with Gasteiger partial charge < -0.3 is 10.1 Å². The van der Waals surface area contributed by atoms with Gasteiger partial charge in [0.15, 0.2) is 0 Å². The van der Waals surface area contributed by atoms with Crippen molar-refractivity contribution in [2.75, 3.05) is 11.9 Å². The number of hydrogen-bond donors (Lipinski definition) is 1. The van der Waals surface area contributed by atoms with Crippen molar-refractivity contribution in [1.29, 1.82) is 0 Å². The van der Waals surface area contributed by atoms with E-state index >= 15 is 0 Å². The Kier molecular flexibility index (Phi) is 9.84. The van der Waals surface area contributed by atoms with Crippen molar-refractivity contribution in [3.63, 3.8) is 0 Å². The SMILES string of the molecule is O=S(=O)=CN(CCc1ccccn1)Cc1nc(-c2cc3c(Nc4ccc(OCc5cccc(F)c5)c(Cl)c4)ncnc3cn2)cs1. The second-order valence-corrected chi connectivity index (χ2v) is 12.1. The van der Waals surface area contributed by atoms with E-state index in [-0.39, 0.29) is 12.4 Å². The van der Waals surface area contributed by atoms with Crippen LogP contribution < -0.4 is 10.1 Å². The largest absolute Gasteiger partial charge is 0.487 e. The molecule has 0 bridgehead atoms. The standard InChI is InChI=1S/C32H25ClFN7O3S2/c33-26-13-24(7-8-30(26)44-17-21-4-3-5-22(34)12-21)39-32-25-14-27(36-15-28(25)37-19-38-32)29-18-45-31(40-29)16-41(20-46(42)43)11-9-23-6-1-2-10-35-23/h1-8,10,12-15,18-20H,9,11,16-17H2,(H,37,38,39). The molecule has 0 fully saturated rings. The van der Waals surface area contributed by atoms with Gasteiger partial charge in [0, 0.05) is 41.3 Å². The lowest BCUT2D eigenvalue weighted by Crippen LogP contribution is -2.24. The summed E-state index contributed by atoms with van der Waals surface area (Å²) in [7, 11) is -2.36. The lowest BCUT2D eigenvalue weighted by Gasteiger charge is -2.14. The molecule has 10 nitrogen and oxygen atoms in total. The zero-order valence-electron chi connectivity index (χ0n) is 24.0. The Morgan fingerprint density at radius 1 is 1.00 bits per heavy atom. The number of thiazole rings is 1. The minimum absolute atomic E-state index is 0.175. The van der Waals surface area contributed by atoms with E-state index in [1.807, 2.05) is 29.6 Å². The fraction of sp³-hybridized carbons (Fsp3) is 0.125. The van der Waals surface area contributed by atoms with Crippen LogP contribution >= 0.6 is 22.9 Å². The Hall–Kier alpha value is -4.82. The first-order valence-corrected chi connectivity index (χ1v) is 16.4. The molecule has 0 amide bonds. The van der Waals surface area contributed by atoms with Gasteiger partial charge in [-0.25, -0.2) is 19.3 Å². The highest BCUT2D eigenvalue weighted by molar-refractivity contribution is 7.71. The minimum atomic E-state index is -2.36. The maximum Gasteiger partial charge on any atom is 0.225 e. The van der Waals surface area contributed by atoms with Gasteiger partial charge in [-0.1, -0.05) is 29.8 Å². The van der Waals surface area contributed by atoms with Crippen LogP contribution in [0, 0.1) is 5.82 Å². The molecule has 0 aliphatic heterocycles. The Labute approximate surface area is 274 Å². The Bertz CT molecular complexity index is 2120. The van der Waals surface area contributed by atoms with Crippen LogP contribution in [0.5, 0.6) is 5.75 Å². The molecule has 14 heteroatoms. The van der Waals surface area contributed by atoms with Gasteiger partial charge >= 0.3 is 0 Å². The lowest BCUT2D eigenvalue weighted by atomic mass is 10.2. The molecule has 6 aromatic rings. The van der Waals surface area contributed by atoms with Crippen LogP contribution in [0.25, 0.3) is 22.3 Å². The third-order valence-corrected chi connectivity index (χ3v) is 8.37. The Morgan fingerprint density at radius 2 is 1.91 bits per heavy atom. The number of rotatable bonds is 12. The van der Waals surface area contributed by atoms with E-state index in [4.69, 9.17) is 21.3 Å². The van der Waals surface area contributed by atoms with Crippen molar-refractivity contribution in [1.82, 2.24) is 29.8 Å². The number of nitrogens with one attached hydrogen (secondary N) is 1. The third kappa shape index (κ3) is 8.06. The van der Waals surface area contributed by atoms with E-state index in [9.17, 15) is 12.8 Å². The quantitative estimate of drug-likeness (QED) is 0.147. The summed E-state index contributed by atoms with van der Waals surface area (Å²) in [6.45, 7) is 0.955. The highest BCUT2D eigenvalue weighted by Crippen LogP contribution is 2.32. The van der Waals surface area contributed by atoms with Crippen LogP contribution in [0.2, 0.25) is 5.02 Å². The minimum Gasteiger partial charge on any atom is -0.487 e. The second-order valence-electron chi connectivity index (χ2n) is 10.0. The summed E-state index contributed by atoms with van der Waals surface area (Å²) in [5.74, 6) is 0.677. The van der Waals surface area contributed by atoms with Crippen LogP contribution in [-0.2, 0) is 29.9 Å². The molecule has 0 radical (unpaired) electrons. The summed E-state index contributed by atoms with van der Waals surface area (Å²) in [6.07, 6.45) is 5.40. The zero-order chi connectivity index (χ0) is 31.9. The van der Waals surface area contributed by atoms with E-state index in [1.165, 1.54) is 35.3 Å². The van der Waals surface area contributed by atoms with Gasteiger partial charge in [0.25, 0.3) is 0 Å². The number of ether oxygens (including phenoxy) is 1. The van der Waals surface area contributed by atoms with Gasteiger partial charge in [0.1, 0.15) is 40.8 Å². The third-order valence-electron chi connectivity index (χ3n) is 6.77. The average Bonchev–Trinajstić information content (AvgIpc) is 3.52. The van der Waals surface area contributed by atoms with Crippen LogP contribution in [0.15, 0.2) is 90.8 Å². The molecule has 0 atom stereocenters. The predicted molar refractivity (Wildman–Crippen MR) is 177 cm³/mol. The predicted octanol–water partition coefficient (Wildman–Crippen LogP) is 6.34. The summed E-state index contributed by atoms with van der Waals surface area (Å²) in [5.41, 5.74) is 5.30. The summed E-state index contributed by atoms with van der Waals surface area (Å²) >= 11 is 7.92. The molecule has 6 rings (SSSR count). The van der Waals surface area contributed by atoms with E-state index < -0.39 is 10.3 Å². The van der Waals surface area contributed by atoms with Gasteiger partial charge in [0.2, 0.25) is 10.3 Å². The monoisotopic (exact) mass is 673 g/mol. The molecule has 0 saturated carbocycles. The summed E-state index contributed by atoms with van der Waals surface area (Å²) in [4.78, 5) is 24.1. The van der Waals surface area contributed by atoms with Crippen molar-refractivity contribution in [3.8, 4) is 17.1 Å². The average molecular weight is 674 g/mol. The first-order valence-electron chi connectivity index (χ1n) is 14.0. The number of benzene rings is 2. The molecule has 0 saturated heterocycles. The van der Waals surface area contributed by atoms with E-state index in [1.54, 1.807) is 47.6 Å². The number of anilines is 2. The Balaban J connectivity index is 1.17. The van der Waals surface area contributed by atoms with Crippen LogP contribution in [0.1, 0.15) is 16.3 Å². The fourth-order valence-electron chi connectivity index (χ4n) is 4.59. The fourth-order valence-corrected chi connectivity index (χ4v) is 6.06. The summed E-state index contributed by atoms with van der Waals surface area (Å²) < 4.78 is 42.2. The maximum atomic E-state index is 13.5. The van der Waals surface area contributed by atoms with E-state index in [0.717, 1.165) is 16.1 Å². The van der Waals surface area contributed by atoms with Crippen LogP contribution in [0.4, 0.5) is 15.9 Å². The van der Waals surface area contributed by atoms with Gasteiger partial charge in [-0.15, -0.1) is 11.3 Å². The number of pyridine rings is 2. The zero-order valence-corrected chi connectivity index (χ0v) is 26.4. The van der Waals surface area contributed by atoms with Gasteiger partial charge in [0.05, 0.1) is 34.7 Å². The van der Waals surface area contributed by atoms with Crippen LogP contribution in [-0.4, -0.2) is 50.3 Å². The van der Waals surface area contributed by atoms with E-state index in [2.05, 4.69) is 25.3 Å². The molecule has 232 valence electrons. The molecule has 4 aromatic heterocycles. The Morgan fingerprint density at radius 3 is 2.72 bits per heavy atom. The molecule has 4 heterocycles. The summed E-state index contributed by atoms with van der Waals surface area (Å²) in [5, 5.41) is 7.01. The van der Waals surface area contributed by atoms with Gasteiger partial charge in [-0.3, -0.25) is 14.9 Å². The van der Waals surface area contributed by atoms with Crippen LogP contribution in [0.3, 0.4) is 0 Å². The van der Waals surface area contributed by atoms with Crippen molar-refractivity contribution >= 4 is 61.1 Å². The smallest absolute Gasteiger partial charge is 0.225 e. The maximum absolute atomic E-state index is 13.5. The highest BCUT2D eigenvalue weighted by Gasteiger charge is 2.14. The second kappa shape index (κ2) is 14.5. The molecule has 1 N–H and O–H groups in total. The first kappa shape index (κ1) is 31.2. The summed E-state index contributed by atoms with van der Waals surface area (Å²) in [6, 6.07) is 19.0. The number of fused-ring (bicyclic) bond motifs is 1. The normalized spacial score (nSPS) is 11.1. The topological polar surface area (TPSA) is 123 Å². The number of halogens is 2. The molecule has 0 unspecified atom stereocenters. The highest BCUT2D eigenvalue weighted by atomic mass is 35.5. The lowest BCUT2D eigenvalue weighted by molar-refractivity contribution is 0.306. The van der Waals surface area contributed by atoms with Crippen molar-refractivity contribution in [2.45, 2.75) is 19.6 Å². The number of nitrogens with zero attached hydrogens (tertiary/aromatic N) is 6. The van der Waals surface area contributed by atoms with Crippen molar-refractivity contribution in [3.05, 3.63) is 118 Å². The first-order chi connectivity index (χ1) is 22.4. The molecule has 0 spiro atoms. The number of hydrogen-bond acceptors (Lipinski definition) is 10. The van der Waals surface area contributed by atoms with Gasteiger partial charge in [-0.2, -0.15) is 8.42 Å². The molecular formula is C32H25ClFN7O3S2. The molecule has 46 heavy (non-hydrogen) atoms.